The molecule has 1 aromatic carbocycles. The SMILES string of the molecule is CC(=O)NCCNC(=O)c1coc(-c2ccc(C(F)(F)F)cc2)n1. The fraction of sp³-hybridized carbons (Fsp3) is 0.267. The van der Waals surface area contributed by atoms with E-state index in [0.717, 1.165) is 18.4 Å². The summed E-state index contributed by atoms with van der Waals surface area (Å²) >= 11 is 0. The van der Waals surface area contributed by atoms with Gasteiger partial charge < -0.3 is 15.1 Å². The second-order valence-corrected chi connectivity index (χ2v) is 4.85. The summed E-state index contributed by atoms with van der Waals surface area (Å²) in [5.41, 5.74) is -0.471. The summed E-state index contributed by atoms with van der Waals surface area (Å²) in [4.78, 5) is 26.4. The van der Waals surface area contributed by atoms with Crippen LogP contribution in [-0.4, -0.2) is 29.9 Å². The normalized spacial score (nSPS) is 11.2. The molecule has 2 amide bonds. The molecule has 6 nitrogen and oxygen atoms in total. The van der Waals surface area contributed by atoms with E-state index < -0.39 is 17.6 Å². The highest BCUT2D eigenvalue weighted by molar-refractivity contribution is 5.92. The second kappa shape index (κ2) is 7.16. The summed E-state index contributed by atoms with van der Waals surface area (Å²) in [7, 11) is 0. The van der Waals surface area contributed by atoms with Crippen LogP contribution in [0.4, 0.5) is 13.2 Å². The van der Waals surface area contributed by atoms with Crippen LogP contribution in [0.1, 0.15) is 23.0 Å². The van der Waals surface area contributed by atoms with Crippen molar-refractivity contribution in [2.24, 2.45) is 0 Å². The molecule has 9 heteroatoms. The van der Waals surface area contributed by atoms with Crippen molar-refractivity contribution in [2.45, 2.75) is 13.1 Å². The van der Waals surface area contributed by atoms with Gasteiger partial charge in [-0.3, -0.25) is 9.59 Å². The van der Waals surface area contributed by atoms with Crippen LogP contribution in [0.3, 0.4) is 0 Å². The van der Waals surface area contributed by atoms with Gasteiger partial charge in [0, 0.05) is 25.6 Å². The molecule has 0 fully saturated rings. The summed E-state index contributed by atoms with van der Waals surface area (Å²) in [5, 5.41) is 5.03. The van der Waals surface area contributed by atoms with Gasteiger partial charge in [-0.25, -0.2) is 4.98 Å². The van der Waals surface area contributed by atoms with Gasteiger partial charge in [-0.05, 0) is 24.3 Å². The Morgan fingerprint density at radius 1 is 1.12 bits per heavy atom. The number of amides is 2. The van der Waals surface area contributed by atoms with E-state index in [2.05, 4.69) is 15.6 Å². The number of oxazole rings is 1. The number of hydrogen-bond donors (Lipinski definition) is 2. The van der Waals surface area contributed by atoms with Crippen molar-refractivity contribution in [1.29, 1.82) is 0 Å². The Labute approximate surface area is 135 Å². The second-order valence-electron chi connectivity index (χ2n) is 4.85. The third-order valence-corrected chi connectivity index (χ3v) is 2.98. The van der Waals surface area contributed by atoms with Gasteiger partial charge in [0.1, 0.15) is 6.26 Å². The maximum atomic E-state index is 12.5. The fourth-order valence-corrected chi connectivity index (χ4v) is 1.82. The number of hydrogen-bond acceptors (Lipinski definition) is 4. The predicted molar refractivity (Wildman–Crippen MR) is 78.0 cm³/mol. The van der Waals surface area contributed by atoms with Gasteiger partial charge in [0.2, 0.25) is 11.8 Å². The molecular weight excluding hydrogens is 327 g/mol. The van der Waals surface area contributed by atoms with Crippen LogP contribution in [0.2, 0.25) is 0 Å². The third kappa shape index (κ3) is 4.58. The van der Waals surface area contributed by atoms with Gasteiger partial charge in [0.25, 0.3) is 5.91 Å². The number of carbonyl (C=O) groups is 2. The summed E-state index contributed by atoms with van der Waals surface area (Å²) in [6, 6.07) is 4.25. The van der Waals surface area contributed by atoms with E-state index in [9.17, 15) is 22.8 Å². The number of halogens is 3. The maximum Gasteiger partial charge on any atom is 0.416 e. The van der Waals surface area contributed by atoms with Gasteiger partial charge in [-0.1, -0.05) is 0 Å². The summed E-state index contributed by atoms with van der Waals surface area (Å²) < 4.78 is 42.7. The lowest BCUT2D eigenvalue weighted by molar-refractivity contribution is -0.137. The Hall–Kier alpha value is -2.84. The molecule has 2 rings (SSSR count). The van der Waals surface area contributed by atoms with Crippen molar-refractivity contribution in [2.75, 3.05) is 13.1 Å². The van der Waals surface area contributed by atoms with Crippen molar-refractivity contribution in [3.63, 3.8) is 0 Å². The van der Waals surface area contributed by atoms with E-state index in [0.29, 0.717) is 5.56 Å². The van der Waals surface area contributed by atoms with Gasteiger partial charge >= 0.3 is 6.18 Å². The molecule has 0 bridgehead atoms. The van der Waals surface area contributed by atoms with Crippen LogP contribution in [0, 0.1) is 0 Å². The number of alkyl halides is 3. The third-order valence-electron chi connectivity index (χ3n) is 2.98. The molecule has 0 spiro atoms. The minimum Gasteiger partial charge on any atom is -0.444 e. The molecule has 0 aliphatic rings. The number of carbonyl (C=O) groups excluding carboxylic acids is 2. The molecule has 2 aromatic rings. The van der Waals surface area contributed by atoms with E-state index in [1.807, 2.05) is 0 Å². The largest absolute Gasteiger partial charge is 0.444 e. The monoisotopic (exact) mass is 341 g/mol. The van der Waals surface area contributed by atoms with Crippen LogP contribution < -0.4 is 10.6 Å². The first-order valence-corrected chi connectivity index (χ1v) is 6.93. The summed E-state index contributed by atoms with van der Waals surface area (Å²) in [5.74, 6) is -0.687. The topological polar surface area (TPSA) is 84.2 Å². The predicted octanol–water partition coefficient (Wildman–Crippen LogP) is 2.23. The van der Waals surface area contributed by atoms with Crippen LogP contribution in [0.5, 0.6) is 0 Å². The van der Waals surface area contributed by atoms with Crippen molar-refractivity contribution >= 4 is 11.8 Å². The lowest BCUT2D eigenvalue weighted by Crippen LogP contribution is -2.33. The average molecular weight is 341 g/mol. The minimum absolute atomic E-state index is 0.00674. The zero-order valence-electron chi connectivity index (χ0n) is 12.6. The number of nitrogens with zero attached hydrogens (tertiary/aromatic N) is 1. The molecule has 2 N–H and O–H groups in total. The molecule has 24 heavy (non-hydrogen) atoms. The maximum absolute atomic E-state index is 12.5. The summed E-state index contributed by atoms with van der Waals surface area (Å²) in [6.07, 6.45) is -3.31. The quantitative estimate of drug-likeness (QED) is 0.817. The first kappa shape index (κ1) is 17.5. The first-order chi connectivity index (χ1) is 11.3. The molecule has 0 atom stereocenters. The molecular formula is C15H14F3N3O3. The van der Waals surface area contributed by atoms with E-state index >= 15 is 0 Å². The molecule has 0 saturated carbocycles. The Bertz CT molecular complexity index is 724. The van der Waals surface area contributed by atoms with Crippen LogP contribution in [0.15, 0.2) is 34.9 Å². The van der Waals surface area contributed by atoms with E-state index in [-0.39, 0.29) is 30.6 Å². The fourth-order valence-electron chi connectivity index (χ4n) is 1.82. The van der Waals surface area contributed by atoms with Crippen molar-refractivity contribution in [3.8, 4) is 11.5 Å². The molecule has 0 aliphatic heterocycles. The van der Waals surface area contributed by atoms with Crippen LogP contribution in [0.25, 0.3) is 11.5 Å². The highest BCUT2D eigenvalue weighted by Gasteiger charge is 2.30. The van der Waals surface area contributed by atoms with Gasteiger partial charge in [0.15, 0.2) is 5.69 Å². The van der Waals surface area contributed by atoms with Crippen molar-refractivity contribution in [3.05, 3.63) is 41.8 Å². The van der Waals surface area contributed by atoms with Crippen molar-refractivity contribution in [1.82, 2.24) is 15.6 Å². The highest BCUT2D eigenvalue weighted by Crippen LogP contribution is 2.30. The number of rotatable bonds is 5. The molecule has 0 unspecified atom stereocenters. The zero-order valence-corrected chi connectivity index (χ0v) is 12.6. The smallest absolute Gasteiger partial charge is 0.416 e. The molecule has 0 saturated heterocycles. The number of benzene rings is 1. The standard InChI is InChI=1S/C15H14F3N3O3/c1-9(22)19-6-7-20-13(23)12-8-24-14(21-12)10-2-4-11(5-3-10)15(16,17)18/h2-5,8H,6-7H2,1H3,(H,19,22)(H,20,23). The Morgan fingerprint density at radius 3 is 2.33 bits per heavy atom. The average Bonchev–Trinajstić information content (AvgIpc) is 3.00. The first-order valence-electron chi connectivity index (χ1n) is 6.93. The minimum atomic E-state index is -4.42. The molecule has 0 radical (unpaired) electrons. The molecule has 1 heterocycles. The number of nitrogens with one attached hydrogen (secondary N) is 2. The van der Waals surface area contributed by atoms with E-state index in [4.69, 9.17) is 4.42 Å². The van der Waals surface area contributed by atoms with Gasteiger partial charge in [0.05, 0.1) is 5.56 Å². The highest BCUT2D eigenvalue weighted by atomic mass is 19.4. The Morgan fingerprint density at radius 2 is 1.75 bits per heavy atom. The lowest BCUT2D eigenvalue weighted by atomic mass is 10.1. The van der Waals surface area contributed by atoms with E-state index in [1.165, 1.54) is 19.1 Å². The van der Waals surface area contributed by atoms with Crippen molar-refractivity contribution < 1.29 is 27.2 Å². The van der Waals surface area contributed by atoms with Gasteiger partial charge in [-0.2, -0.15) is 13.2 Å². The Balaban J connectivity index is 1.99. The van der Waals surface area contributed by atoms with Crippen LogP contribution >= 0.6 is 0 Å². The Kier molecular flexibility index (Phi) is 5.22. The van der Waals surface area contributed by atoms with Gasteiger partial charge in [-0.15, -0.1) is 0 Å². The van der Waals surface area contributed by atoms with E-state index in [1.54, 1.807) is 0 Å². The molecule has 128 valence electrons. The number of aromatic nitrogens is 1. The summed E-state index contributed by atoms with van der Waals surface area (Å²) in [6.45, 7) is 1.83. The lowest BCUT2D eigenvalue weighted by Gasteiger charge is -2.06. The molecule has 0 aliphatic carbocycles. The zero-order chi connectivity index (χ0) is 17.7. The molecule has 1 aromatic heterocycles. The van der Waals surface area contributed by atoms with Crippen LogP contribution in [-0.2, 0) is 11.0 Å².